The third-order valence-electron chi connectivity index (χ3n) is 1.03. The molecule has 0 spiro atoms. The van der Waals surface area contributed by atoms with E-state index >= 15 is 0 Å². The van der Waals surface area contributed by atoms with Crippen LogP contribution in [0.2, 0.25) is 0 Å². The largest absolute Gasteiger partial charge is 0.447 e. The molecule has 1 amide bonds. The molecular formula is C4H7NO2S2. The van der Waals surface area contributed by atoms with Gasteiger partial charge in [-0.3, -0.25) is 0 Å². The van der Waals surface area contributed by atoms with Crippen LogP contribution in [-0.4, -0.2) is 29.8 Å². The van der Waals surface area contributed by atoms with Crippen LogP contribution >= 0.6 is 0 Å². The lowest BCUT2D eigenvalue weighted by molar-refractivity contribution is 0.171. The van der Waals surface area contributed by atoms with E-state index in [1.807, 2.05) is 6.26 Å². The Morgan fingerprint density at radius 2 is 2.56 bits per heavy atom. The van der Waals surface area contributed by atoms with Crippen LogP contribution < -0.4 is 0 Å². The van der Waals surface area contributed by atoms with E-state index in [1.165, 1.54) is 0 Å². The molecule has 1 aliphatic rings. The van der Waals surface area contributed by atoms with E-state index in [-0.39, 0.29) is 15.7 Å². The molecule has 52 valence electrons. The van der Waals surface area contributed by atoms with Crippen molar-refractivity contribution in [1.29, 1.82) is 0 Å². The number of amides is 1. The minimum atomic E-state index is -0.379. The highest BCUT2D eigenvalue weighted by atomic mass is 32.8. The molecule has 0 aromatic rings. The van der Waals surface area contributed by atoms with Crippen LogP contribution in [0.3, 0.4) is 0 Å². The van der Waals surface area contributed by atoms with Crippen molar-refractivity contribution in [2.45, 2.75) is 0 Å². The molecule has 0 aliphatic carbocycles. The van der Waals surface area contributed by atoms with Crippen molar-refractivity contribution < 1.29 is 9.53 Å². The molecule has 0 aromatic heterocycles. The van der Waals surface area contributed by atoms with E-state index in [9.17, 15) is 4.79 Å². The van der Waals surface area contributed by atoms with Crippen molar-refractivity contribution in [1.82, 2.24) is 4.31 Å². The summed E-state index contributed by atoms with van der Waals surface area (Å²) in [6.45, 7) is 1.15. The summed E-state index contributed by atoms with van der Waals surface area (Å²) in [5.41, 5.74) is 0. The molecule has 1 unspecified atom stereocenters. The van der Waals surface area contributed by atoms with Gasteiger partial charge in [-0.1, -0.05) is 0 Å². The van der Waals surface area contributed by atoms with Crippen LogP contribution in [-0.2, 0) is 25.6 Å². The Morgan fingerprint density at radius 3 is 2.78 bits per heavy atom. The predicted molar refractivity (Wildman–Crippen MR) is 38.7 cm³/mol. The summed E-state index contributed by atoms with van der Waals surface area (Å²) in [6.07, 6.45) is 1.55. The Balaban J connectivity index is 2.60. The average Bonchev–Trinajstić information content (AvgIpc) is 2.13. The van der Waals surface area contributed by atoms with Crippen molar-refractivity contribution in [3.8, 4) is 0 Å². The van der Waals surface area contributed by atoms with Gasteiger partial charge in [0, 0.05) is 6.26 Å². The Bertz CT molecular complexity index is 159. The maximum absolute atomic E-state index is 10.7. The number of hydrogen-bond acceptors (Lipinski definition) is 3. The zero-order valence-corrected chi connectivity index (χ0v) is 6.63. The molecule has 5 heteroatoms. The number of nitrogens with zero attached hydrogens (tertiary/aromatic N) is 1. The van der Waals surface area contributed by atoms with E-state index in [0.29, 0.717) is 13.2 Å². The van der Waals surface area contributed by atoms with E-state index < -0.39 is 0 Å². The summed E-state index contributed by atoms with van der Waals surface area (Å²) < 4.78 is 6.20. The Hall–Kier alpha value is -0.160. The lowest BCUT2D eigenvalue weighted by Crippen LogP contribution is -2.24. The average molecular weight is 165 g/mol. The van der Waals surface area contributed by atoms with Crippen LogP contribution in [0.4, 0.5) is 4.79 Å². The van der Waals surface area contributed by atoms with E-state index in [2.05, 4.69) is 4.74 Å². The number of carbonyl (C=O) groups is 1. The first-order chi connectivity index (χ1) is 4.22. The smallest absolute Gasteiger partial charge is 0.420 e. The second kappa shape index (κ2) is 2.62. The topological polar surface area (TPSA) is 29.5 Å². The second-order valence-corrected chi connectivity index (χ2v) is 4.38. The zero-order valence-electron chi connectivity index (χ0n) is 4.99. The summed E-state index contributed by atoms with van der Waals surface area (Å²) in [7, 11) is -0.379. The first-order valence-electron chi connectivity index (χ1n) is 2.49. The first-order valence-corrected chi connectivity index (χ1v) is 5.01. The van der Waals surface area contributed by atoms with E-state index in [0.717, 1.165) is 0 Å². The van der Waals surface area contributed by atoms with Gasteiger partial charge in [0.2, 0.25) is 0 Å². The molecule has 0 radical (unpaired) electrons. The molecule has 1 rings (SSSR count). The molecule has 0 N–H and O–H groups in total. The van der Waals surface area contributed by atoms with E-state index in [1.54, 1.807) is 4.31 Å². The van der Waals surface area contributed by atoms with Gasteiger partial charge in [-0.2, -0.15) is 0 Å². The van der Waals surface area contributed by atoms with Crippen molar-refractivity contribution in [2.24, 2.45) is 0 Å². The second-order valence-electron chi connectivity index (χ2n) is 1.64. The number of ether oxygens (including phenoxy) is 1. The third kappa shape index (κ3) is 1.40. The molecule has 1 heterocycles. The van der Waals surface area contributed by atoms with Crippen molar-refractivity contribution in [3.05, 3.63) is 0 Å². The van der Waals surface area contributed by atoms with Crippen molar-refractivity contribution in [3.63, 3.8) is 0 Å². The molecule has 1 atom stereocenters. The predicted octanol–water partition coefficient (Wildman–Crippen LogP) is 0.0636. The number of cyclic esters (lactones) is 1. The Labute approximate surface area is 60.7 Å². The lowest BCUT2D eigenvalue weighted by atomic mass is 10.7. The van der Waals surface area contributed by atoms with Crippen molar-refractivity contribution >= 4 is 26.9 Å². The van der Waals surface area contributed by atoms with Crippen LogP contribution in [0.5, 0.6) is 0 Å². The van der Waals surface area contributed by atoms with Gasteiger partial charge in [0.1, 0.15) is 6.61 Å². The fourth-order valence-corrected chi connectivity index (χ4v) is 1.61. The summed E-state index contributed by atoms with van der Waals surface area (Å²) in [6, 6.07) is 0. The zero-order chi connectivity index (χ0) is 6.85. The summed E-state index contributed by atoms with van der Waals surface area (Å²) in [5.74, 6) is 0. The normalized spacial score (nSPS) is 21.9. The monoisotopic (exact) mass is 165 g/mol. The summed E-state index contributed by atoms with van der Waals surface area (Å²) in [4.78, 5) is 10.7. The first kappa shape index (κ1) is 6.95. The summed E-state index contributed by atoms with van der Waals surface area (Å²) >= 11 is 4.87. The van der Waals surface area contributed by atoms with Gasteiger partial charge in [-0.15, -0.1) is 0 Å². The highest BCUT2D eigenvalue weighted by Crippen LogP contribution is 2.04. The maximum Gasteiger partial charge on any atom is 0.420 e. The van der Waals surface area contributed by atoms with Crippen LogP contribution in [0.1, 0.15) is 0 Å². The van der Waals surface area contributed by atoms with Crippen molar-refractivity contribution in [2.75, 3.05) is 19.4 Å². The molecular weight excluding hydrogens is 158 g/mol. The van der Waals surface area contributed by atoms with Crippen LogP contribution in [0.15, 0.2) is 0 Å². The standard InChI is InChI=1S/C4H7NO2S2/c1-9(8)5-2-3-7-4(5)6/h2-3H2,1H3. The minimum Gasteiger partial charge on any atom is -0.447 e. The highest BCUT2D eigenvalue weighted by molar-refractivity contribution is 8.27. The molecule has 1 aliphatic heterocycles. The number of carbonyl (C=O) groups excluding carboxylic acids is 1. The van der Waals surface area contributed by atoms with Gasteiger partial charge in [0.25, 0.3) is 0 Å². The Kier molecular flexibility index (Phi) is 2.02. The fourth-order valence-electron chi connectivity index (χ4n) is 0.613. The maximum atomic E-state index is 10.7. The number of rotatable bonds is 1. The van der Waals surface area contributed by atoms with Crippen LogP contribution in [0, 0.1) is 0 Å². The van der Waals surface area contributed by atoms with Gasteiger partial charge >= 0.3 is 6.09 Å². The van der Waals surface area contributed by atoms with Gasteiger partial charge in [-0.25, -0.2) is 9.10 Å². The minimum absolute atomic E-state index is 0.268. The molecule has 1 fully saturated rings. The molecule has 0 aromatic carbocycles. The fraction of sp³-hybridized carbons (Fsp3) is 0.750. The molecule has 0 saturated carbocycles. The van der Waals surface area contributed by atoms with Crippen LogP contribution in [0.25, 0.3) is 0 Å². The number of hydrogen-bond donors (Lipinski definition) is 0. The third-order valence-corrected chi connectivity index (χ3v) is 2.53. The summed E-state index contributed by atoms with van der Waals surface area (Å²) in [5, 5.41) is 0. The lowest BCUT2D eigenvalue weighted by Gasteiger charge is -2.08. The van der Waals surface area contributed by atoms with Gasteiger partial charge < -0.3 is 4.74 Å². The Morgan fingerprint density at radius 1 is 1.89 bits per heavy atom. The molecule has 9 heavy (non-hydrogen) atoms. The van der Waals surface area contributed by atoms with Gasteiger partial charge in [0.05, 0.1) is 6.54 Å². The molecule has 1 saturated heterocycles. The van der Waals surface area contributed by atoms with Gasteiger partial charge in [-0.05, 0) is 20.8 Å². The molecule has 3 nitrogen and oxygen atoms in total. The van der Waals surface area contributed by atoms with E-state index in [4.69, 9.17) is 11.2 Å². The molecule has 0 bridgehead atoms. The highest BCUT2D eigenvalue weighted by Gasteiger charge is 2.22. The SMILES string of the molecule is CS(=S)N1CCOC1=O. The quantitative estimate of drug-likeness (QED) is 0.550. The van der Waals surface area contributed by atoms with Gasteiger partial charge in [0.15, 0.2) is 0 Å².